The summed E-state index contributed by atoms with van der Waals surface area (Å²) in [6, 6.07) is 10.3. The van der Waals surface area contributed by atoms with E-state index in [1.54, 1.807) is 7.05 Å². The van der Waals surface area contributed by atoms with Crippen LogP contribution < -0.4 is 10.6 Å². The molecular formula is C20H34IN3O2. The first-order valence-electron chi connectivity index (χ1n) is 9.42. The van der Waals surface area contributed by atoms with Gasteiger partial charge in [-0.15, -0.1) is 24.0 Å². The minimum absolute atomic E-state index is 0. The normalized spacial score (nSPS) is 15.2. The third-order valence-corrected chi connectivity index (χ3v) is 4.16. The summed E-state index contributed by atoms with van der Waals surface area (Å²) >= 11 is 0. The van der Waals surface area contributed by atoms with E-state index in [1.807, 2.05) is 18.2 Å². The van der Waals surface area contributed by atoms with E-state index in [0.717, 1.165) is 51.2 Å². The highest BCUT2D eigenvalue weighted by molar-refractivity contribution is 14.0. The molecule has 1 aliphatic rings. The highest BCUT2D eigenvalue weighted by Crippen LogP contribution is 2.28. The van der Waals surface area contributed by atoms with E-state index in [9.17, 15) is 0 Å². The molecule has 0 radical (unpaired) electrons. The molecule has 0 bridgehead atoms. The third-order valence-electron chi connectivity index (χ3n) is 4.16. The fraction of sp³-hybridized carbons (Fsp3) is 0.650. The molecule has 0 saturated heterocycles. The molecule has 26 heavy (non-hydrogen) atoms. The molecule has 1 saturated carbocycles. The van der Waals surface area contributed by atoms with Crippen LogP contribution >= 0.6 is 24.0 Å². The Labute approximate surface area is 175 Å². The van der Waals surface area contributed by atoms with Crippen molar-refractivity contribution >= 4 is 29.9 Å². The minimum atomic E-state index is 0. The fourth-order valence-corrected chi connectivity index (χ4v) is 2.42. The van der Waals surface area contributed by atoms with Gasteiger partial charge in [-0.2, -0.15) is 0 Å². The average Bonchev–Trinajstić information content (AvgIpc) is 3.45. The summed E-state index contributed by atoms with van der Waals surface area (Å²) in [5, 5.41) is 6.68. The molecule has 0 spiro atoms. The molecule has 0 aromatic heterocycles. The molecule has 1 aromatic carbocycles. The summed E-state index contributed by atoms with van der Waals surface area (Å²) in [4.78, 5) is 4.26. The van der Waals surface area contributed by atoms with Gasteiger partial charge in [-0.3, -0.25) is 4.99 Å². The molecule has 1 atom stereocenters. The van der Waals surface area contributed by atoms with Crippen LogP contribution in [-0.4, -0.2) is 45.9 Å². The van der Waals surface area contributed by atoms with E-state index in [4.69, 9.17) is 9.47 Å². The monoisotopic (exact) mass is 475 g/mol. The van der Waals surface area contributed by atoms with Crippen molar-refractivity contribution in [2.75, 3.05) is 40.0 Å². The van der Waals surface area contributed by atoms with Crippen LogP contribution in [0.2, 0.25) is 0 Å². The molecule has 5 nitrogen and oxygen atoms in total. The Bertz CT molecular complexity index is 495. The summed E-state index contributed by atoms with van der Waals surface area (Å²) in [7, 11) is 1.80. The van der Waals surface area contributed by atoms with Crippen molar-refractivity contribution < 1.29 is 9.47 Å². The van der Waals surface area contributed by atoms with Crippen molar-refractivity contribution in [2.24, 2.45) is 16.8 Å². The maximum absolute atomic E-state index is 5.78. The molecule has 0 aliphatic heterocycles. The number of nitrogens with one attached hydrogen (secondary N) is 2. The van der Waals surface area contributed by atoms with E-state index < -0.39 is 0 Å². The van der Waals surface area contributed by atoms with Crippen LogP contribution in [0.4, 0.5) is 0 Å². The first-order valence-corrected chi connectivity index (χ1v) is 9.42. The van der Waals surface area contributed by atoms with E-state index >= 15 is 0 Å². The van der Waals surface area contributed by atoms with Crippen LogP contribution in [0, 0.1) is 11.8 Å². The Balaban J connectivity index is 0.00000338. The lowest BCUT2D eigenvalue weighted by Crippen LogP contribution is -2.40. The first-order chi connectivity index (χ1) is 12.3. The predicted molar refractivity (Wildman–Crippen MR) is 118 cm³/mol. The number of hydrogen-bond donors (Lipinski definition) is 2. The second-order valence-electron chi connectivity index (χ2n) is 6.86. The SMILES string of the molecule is CN=C(NCCCOCC1CC1)NCC(C)COCc1ccccc1.I. The van der Waals surface area contributed by atoms with Crippen LogP contribution in [0.1, 0.15) is 31.7 Å². The van der Waals surface area contributed by atoms with Crippen molar-refractivity contribution in [1.82, 2.24) is 10.6 Å². The molecule has 0 heterocycles. The summed E-state index contributed by atoms with van der Waals surface area (Å²) in [6.07, 6.45) is 3.70. The highest BCUT2D eigenvalue weighted by Gasteiger charge is 2.20. The van der Waals surface area contributed by atoms with Crippen molar-refractivity contribution in [1.29, 1.82) is 0 Å². The number of rotatable bonds is 12. The van der Waals surface area contributed by atoms with Gasteiger partial charge in [0, 0.05) is 33.4 Å². The Morgan fingerprint density at radius 1 is 1.19 bits per heavy atom. The Kier molecular flexibility index (Phi) is 12.7. The number of benzene rings is 1. The van der Waals surface area contributed by atoms with Gasteiger partial charge >= 0.3 is 0 Å². The molecule has 148 valence electrons. The molecule has 1 unspecified atom stereocenters. The lowest BCUT2D eigenvalue weighted by Gasteiger charge is -2.16. The average molecular weight is 475 g/mol. The van der Waals surface area contributed by atoms with Crippen molar-refractivity contribution in [3.05, 3.63) is 35.9 Å². The first kappa shape index (κ1) is 23.2. The van der Waals surface area contributed by atoms with E-state index in [1.165, 1.54) is 18.4 Å². The molecule has 1 aliphatic carbocycles. The second kappa shape index (κ2) is 14.2. The van der Waals surface area contributed by atoms with E-state index in [2.05, 4.69) is 34.7 Å². The molecule has 1 aromatic rings. The van der Waals surface area contributed by atoms with Crippen LogP contribution in [0.15, 0.2) is 35.3 Å². The number of hydrogen-bond acceptors (Lipinski definition) is 3. The van der Waals surface area contributed by atoms with Gasteiger partial charge < -0.3 is 20.1 Å². The van der Waals surface area contributed by atoms with Crippen molar-refractivity contribution in [2.45, 2.75) is 32.8 Å². The topological polar surface area (TPSA) is 54.9 Å². The number of guanidine groups is 1. The summed E-state index contributed by atoms with van der Waals surface area (Å²) < 4.78 is 11.4. The van der Waals surface area contributed by atoms with Gasteiger partial charge in [-0.25, -0.2) is 0 Å². The lowest BCUT2D eigenvalue weighted by molar-refractivity contribution is 0.0931. The van der Waals surface area contributed by atoms with Gasteiger partial charge in [-0.1, -0.05) is 37.3 Å². The number of aliphatic imine (C=N–C) groups is 1. The molecular weight excluding hydrogens is 441 g/mol. The smallest absolute Gasteiger partial charge is 0.190 e. The summed E-state index contributed by atoms with van der Waals surface area (Å²) in [5.74, 6) is 2.11. The summed E-state index contributed by atoms with van der Waals surface area (Å²) in [6.45, 7) is 7.05. The number of ether oxygens (including phenoxy) is 2. The predicted octanol–water partition coefficient (Wildman–Crippen LogP) is 3.44. The quantitative estimate of drug-likeness (QED) is 0.211. The Hall–Kier alpha value is -0.860. The van der Waals surface area contributed by atoms with Gasteiger partial charge in [0.25, 0.3) is 0 Å². The van der Waals surface area contributed by atoms with Gasteiger partial charge in [0.05, 0.1) is 13.2 Å². The number of halogens is 1. The Morgan fingerprint density at radius 2 is 1.96 bits per heavy atom. The molecule has 1 fully saturated rings. The van der Waals surface area contributed by atoms with Gasteiger partial charge in [0.1, 0.15) is 0 Å². The van der Waals surface area contributed by atoms with Gasteiger partial charge in [-0.05, 0) is 36.7 Å². The zero-order chi connectivity index (χ0) is 17.7. The second-order valence-corrected chi connectivity index (χ2v) is 6.86. The standard InChI is InChI=1S/C20H33N3O2.HI/c1-17(14-25-16-18-7-4-3-5-8-18)13-23-20(21-2)22-11-6-12-24-15-19-9-10-19;/h3-5,7-8,17,19H,6,9-16H2,1-2H3,(H2,21,22,23);1H. The zero-order valence-corrected chi connectivity index (χ0v) is 18.4. The maximum Gasteiger partial charge on any atom is 0.190 e. The largest absolute Gasteiger partial charge is 0.381 e. The van der Waals surface area contributed by atoms with Crippen molar-refractivity contribution in [3.63, 3.8) is 0 Å². The highest BCUT2D eigenvalue weighted by atomic mass is 127. The summed E-state index contributed by atoms with van der Waals surface area (Å²) in [5.41, 5.74) is 1.21. The molecule has 0 amide bonds. The molecule has 6 heteroatoms. The maximum atomic E-state index is 5.78. The minimum Gasteiger partial charge on any atom is -0.381 e. The van der Waals surface area contributed by atoms with Crippen LogP contribution in [0.25, 0.3) is 0 Å². The Morgan fingerprint density at radius 3 is 2.65 bits per heavy atom. The van der Waals surface area contributed by atoms with E-state index in [-0.39, 0.29) is 24.0 Å². The van der Waals surface area contributed by atoms with Gasteiger partial charge in [0.2, 0.25) is 0 Å². The van der Waals surface area contributed by atoms with Crippen molar-refractivity contribution in [3.8, 4) is 0 Å². The van der Waals surface area contributed by atoms with Crippen LogP contribution in [0.5, 0.6) is 0 Å². The van der Waals surface area contributed by atoms with Gasteiger partial charge in [0.15, 0.2) is 5.96 Å². The third kappa shape index (κ3) is 11.0. The van der Waals surface area contributed by atoms with Crippen LogP contribution in [0.3, 0.4) is 0 Å². The lowest BCUT2D eigenvalue weighted by atomic mass is 10.2. The zero-order valence-electron chi connectivity index (χ0n) is 16.1. The van der Waals surface area contributed by atoms with Crippen LogP contribution in [-0.2, 0) is 16.1 Å². The fourth-order valence-electron chi connectivity index (χ4n) is 2.42. The molecule has 2 N–H and O–H groups in total. The van der Waals surface area contributed by atoms with E-state index in [0.29, 0.717) is 12.5 Å². The number of nitrogens with zero attached hydrogens (tertiary/aromatic N) is 1. The molecule has 2 rings (SSSR count).